The van der Waals surface area contributed by atoms with Gasteiger partial charge in [-0.1, -0.05) is 11.6 Å². The molecule has 1 aliphatic heterocycles. The molecule has 2 N–H and O–H groups in total. The summed E-state index contributed by atoms with van der Waals surface area (Å²) in [6, 6.07) is 6.92. The van der Waals surface area contributed by atoms with Crippen LogP contribution < -0.4 is 10.2 Å². The number of carboxylic acid groups (broad SMARTS) is 1. The Bertz CT molecular complexity index is 1020. The second kappa shape index (κ2) is 9.17. The van der Waals surface area contributed by atoms with Gasteiger partial charge in [0.2, 0.25) is 5.92 Å². The molecule has 32 heavy (non-hydrogen) atoms. The number of rotatable bonds is 5. The maximum absolute atomic E-state index is 13.4. The van der Waals surface area contributed by atoms with Crippen molar-refractivity contribution in [3.63, 3.8) is 0 Å². The lowest BCUT2D eigenvalue weighted by Gasteiger charge is -2.31. The van der Waals surface area contributed by atoms with E-state index in [9.17, 15) is 23.5 Å². The van der Waals surface area contributed by atoms with E-state index in [2.05, 4.69) is 10.3 Å². The fourth-order valence-electron chi connectivity index (χ4n) is 4.59. The van der Waals surface area contributed by atoms with Crippen LogP contribution in [-0.4, -0.2) is 47.5 Å². The molecule has 1 saturated heterocycles. The predicted molar refractivity (Wildman–Crippen MR) is 119 cm³/mol. The van der Waals surface area contributed by atoms with E-state index in [-0.39, 0.29) is 24.7 Å². The Morgan fingerprint density at radius 2 is 1.94 bits per heavy atom. The summed E-state index contributed by atoms with van der Waals surface area (Å²) in [6.45, 7) is 1.45. The van der Waals surface area contributed by atoms with Gasteiger partial charge in [-0.25, -0.2) is 13.8 Å². The molecule has 1 aromatic carbocycles. The van der Waals surface area contributed by atoms with Crippen LogP contribution in [0.4, 0.5) is 14.6 Å². The molecule has 1 aliphatic carbocycles. The first-order valence-electron chi connectivity index (χ1n) is 11.0. The number of amides is 1. The molecule has 6 nitrogen and oxygen atoms in total. The molecule has 2 fully saturated rings. The average Bonchev–Trinajstić information content (AvgIpc) is 2.78. The van der Waals surface area contributed by atoms with Crippen molar-refractivity contribution in [1.82, 2.24) is 10.3 Å². The number of piperidine rings is 1. The van der Waals surface area contributed by atoms with Crippen molar-refractivity contribution < 1.29 is 23.5 Å². The number of carbonyl (C=O) groups is 2. The highest BCUT2D eigenvalue weighted by Gasteiger charge is 2.35. The minimum atomic E-state index is -2.60. The molecule has 1 saturated carbocycles. The molecule has 0 radical (unpaired) electrons. The number of benzene rings is 1. The summed E-state index contributed by atoms with van der Waals surface area (Å²) in [7, 11) is 0. The lowest BCUT2D eigenvalue weighted by Crippen LogP contribution is -2.39. The van der Waals surface area contributed by atoms with Crippen LogP contribution in [0.25, 0.3) is 10.9 Å². The van der Waals surface area contributed by atoms with E-state index in [4.69, 9.17) is 11.6 Å². The van der Waals surface area contributed by atoms with Crippen LogP contribution >= 0.6 is 11.6 Å². The Morgan fingerprint density at radius 1 is 1.19 bits per heavy atom. The largest absolute Gasteiger partial charge is 0.481 e. The molecule has 2 aromatic rings. The van der Waals surface area contributed by atoms with E-state index in [0.717, 1.165) is 13.0 Å². The number of aromatic nitrogens is 1. The molecule has 1 atom stereocenters. The second-order valence-corrected chi connectivity index (χ2v) is 9.20. The smallest absolute Gasteiger partial charge is 0.308 e. The fraction of sp³-hybridized carbons (Fsp3) is 0.522. The zero-order valence-corrected chi connectivity index (χ0v) is 18.4. The Morgan fingerprint density at radius 3 is 2.66 bits per heavy atom. The molecule has 1 aromatic heterocycles. The van der Waals surface area contributed by atoms with E-state index < -0.39 is 17.8 Å². The number of hydrogen-bond acceptors (Lipinski definition) is 4. The third-order valence-electron chi connectivity index (χ3n) is 6.52. The standard InChI is InChI=1S/C23H26ClF2N3O3/c24-17-4-5-18-16(3-6-19(28-18)29-11-1-2-15(13-29)22(31)32)20(17)21(30)27-12-14-7-9-23(25,26)10-8-14/h3-6,14-15H,1-2,7-13H2,(H,27,30)(H,31,32). The molecule has 1 amide bonds. The maximum atomic E-state index is 13.4. The first-order chi connectivity index (χ1) is 15.2. The van der Waals surface area contributed by atoms with Gasteiger partial charge < -0.3 is 15.3 Å². The van der Waals surface area contributed by atoms with Crippen molar-refractivity contribution in [2.75, 3.05) is 24.5 Å². The number of pyridine rings is 1. The zero-order chi connectivity index (χ0) is 22.9. The van der Waals surface area contributed by atoms with Crippen LogP contribution in [0.15, 0.2) is 24.3 Å². The predicted octanol–water partition coefficient (Wildman–Crippen LogP) is 4.74. The summed E-state index contributed by atoms with van der Waals surface area (Å²) < 4.78 is 26.7. The lowest BCUT2D eigenvalue weighted by molar-refractivity contribution is -0.141. The van der Waals surface area contributed by atoms with E-state index in [1.165, 1.54) is 0 Å². The molecule has 2 aliphatic rings. The van der Waals surface area contributed by atoms with Gasteiger partial charge in [0.05, 0.1) is 22.0 Å². The van der Waals surface area contributed by atoms with Gasteiger partial charge in [0.1, 0.15) is 5.82 Å². The Kier molecular flexibility index (Phi) is 6.51. The SMILES string of the molecule is O=C(NCC1CCC(F)(F)CC1)c1c(Cl)ccc2nc(N3CCCC(C(=O)O)C3)ccc12. The van der Waals surface area contributed by atoms with E-state index in [0.29, 0.717) is 59.7 Å². The Labute approximate surface area is 189 Å². The highest BCUT2D eigenvalue weighted by Crippen LogP contribution is 2.36. The molecule has 0 spiro atoms. The third kappa shape index (κ3) is 4.95. The van der Waals surface area contributed by atoms with Crippen LogP contribution in [0.3, 0.4) is 0 Å². The Hall–Kier alpha value is -2.48. The third-order valence-corrected chi connectivity index (χ3v) is 6.83. The summed E-state index contributed by atoms with van der Waals surface area (Å²) in [5, 5.41) is 13.1. The van der Waals surface area contributed by atoms with Crippen LogP contribution in [0.5, 0.6) is 0 Å². The van der Waals surface area contributed by atoms with Crippen molar-refractivity contribution in [2.45, 2.75) is 44.4 Å². The number of anilines is 1. The molecule has 2 heterocycles. The molecule has 1 unspecified atom stereocenters. The van der Waals surface area contributed by atoms with E-state index >= 15 is 0 Å². The first kappa shape index (κ1) is 22.7. The number of carbonyl (C=O) groups excluding carboxylic acids is 1. The molecule has 172 valence electrons. The quantitative estimate of drug-likeness (QED) is 0.666. The number of hydrogen-bond donors (Lipinski definition) is 2. The fourth-order valence-corrected chi connectivity index (χ4v) is 4.84. The van der Waals surface area contributed by atoms with Crippen molar-refractivity contribution in [3.05, 3.63) is 34.9 Å². The molecule has 9 heteroatoms. The van der Waals surface area contributed by atoms with E-state index in [1.54, 1.807) is 24.3 Å². The topological polar surface area (TPSA) is 82.5 Å². The van der Waals surface area contributed by atoms with Crippen molar-refractivity contribution in [2.24, 2.45) is 11.8 Å². The Balaban J connectivity index is 1.50. The summed E-state index contributed by atoms with van der Waals surface area (Å²) in [4.78, 5) is 30.9. The number of aliphatic carboxylic acids is 1. The highest BCUT2D eigenvalue weighted by atomic mass is 35.5. The molecule has 4 rings (SSSR count). The summed E-state index contributed by atoms with van der Waals surface area (Å²) in [5.74, 6) is -3.48. The van der Waals surface area contributed by atoms with Crippen LogP contribution in [0.2, 0.25) is 5.02 Å². The van der Waals surface area contributed by atoms with E-state index in [1.807, 2.05) is 4.90 Å². The van der Waals surface area contributed by atoms with Gasteiger partial charge in [-0.2, -0.15) is 0 Å². The highest BCUT2D eigenvalue weighted by molar-refractivity contribution is 6.35. The number of nitrogens with zero attached hydrogens (tertiary/aromatic N) is 2. The van der Waals surface area contributed by atoms with Crippen LogP contribution in [-0.2, 0) is 4.79 Å². The van der Waals surface area contributed by atoms with Crippen molar-refractivity contribution in [1.29, 1.82) is 0 Å². The molecular formula is C23H26ClF2N3O3. The molecular weight excluding hydrogens is 440 g/mol. The summed E-state index contributed by atoms with van der Waals surface area (Å²) >= 11 is 6.34. The van der Waals surface area contributed by atoms with Crippen molar-refractivity contribution >= 4 is 40.2 Å². The van der Waals surface area contributed by atoms with Gasteiger partial charge in [0.15, 0.2) is 0 Å². The monoisotopic (exact) mass is 465 g/mol. The van der Waals surface area contributed by atoms with Gasteiger partial charge in [-0.15, -0.1) is 0 Å². The number of alkyl halides is 2. The van der Waals surface area contributed by atoms with Crippen LogP contribution in [0.1, 0.15) is 48.9 Å². The number of halogens is 3. The summed E-state index contributed by atoms with van der Waals surface area (Å²) in [5.41, 5.74) is 0.901. The maximum Gasteiger partial charge on any atom is 0.308 e. The number of fused-ring (bicyclic) bond motifs is 1. The van der Waals surface area contributed by atoms with Gasteiger partial charge in [0.25, 0.3) is 5.91 Å². The second-order valence-electron chi connectivity index (χ2n) is 8.79. The summed E-state index contributed by atoms with van der Waals surface area (Å²) in [6.07, 6.45) is 1.91. The van der Waals surface area contributed by atoms with Gasteiger partial charge in [-0.05, 0) is 55.9 Å². The minimum Gasteiger partial charge on any atom is -0.481 e. The van der Waals surface area contributed by atoms with Gasteiger partial charge in [0, 0.05) is 37.9 Å². The van der Waals surface area contributed by atoms with Crippen molar-refractivity contribution in [3.8, 4) is 0 Å². The number of nitrogens with one attached hydrogen (secondary N) is 1. The van der Waals surface area contributed by atoms with Gasteiger partial charge in [-0.3, -0.25) is 9.59 Å². The van der Waals surface area contributed by atoms with Crippen LogP contribution in [0, 0.1) is 11.8 Å². The zero-order valence-electron chi connectivity index (χ0n) is 17.6. The average molecular weight is 466 g/mol. The van der Waals surface area contributed by atoms with Gasteiger partial charge >= 0.3 is 5.97 Å². The molecule has 0 bridgehead atoms. The lowest BCUT2D eigenvalue weighted by atomic mass is 9.87. The normalized spacial score (nSPS) is 21.5. The first-order valence-corrected chi connectivity index (χ1v) is 11.3. The number of carboxylic acids is 1. The minimum absolute atomic E-state index is 0.0262.